The molecule has 3 rings (SSSR count). The van der Waals surface area contributed by atoms with Crippen LogP contribution >= 0.6 is 15.9 Å². The van der Waals surface area contributed by atoms with Crippen molar-refractivity contribution in [1.82, 2.24) is 14.5 Å². The van der Waals surface area contributed by atoms with E-state index in [1.54, 1.807) is 18.2 Å². The molecule has 0 spiro atoms. The zero-order valence-corrected chi connectivity index (χ0v) is 17.1. The number of alkyl halides is 2. The Morgan fingerprint density at radius 2 is 1.82 bits per heavy atom. The van der Waals surface area contributed by atoms with Crippen molar-refractivity contribution in [3.63, 3.8) is 0 Å². The van der Waals surface area contributed by atoms with Crippen LogP contribution in [0.3, 0.4) is 0 Å². The highest BCUT2D eigenvalue weighted by atomic mass is 79.9. The van der Waals surface area contributed by atoms with E-state index in [-0.39, 0.29) is 28.2 Å². The van der Waals surface area contributed by atoms with E-state index in [1.165, 1.54) is 25.0 Å². The van der Waals surface area contributed by atoms with Crippen LogP contribution in [-0.2, 0) is 16.4 Å². The fourth-order valence-electron chi connectivity index (χ4n) is 2.80. The second kappa shape index (κ2) is 7.60. The summed E-state index contributed by atoms with van der Waals surface area (Å²) in [6.07, 6.45) is -2.07. The van der Waals surface area contributed by atoms with Crippen LogP contribution in [0, 0.1) is 0 Å². The number of primary sulfonamides is 1. The van der Waals surface area contributed by atoms with Gasteiger partial charge in [-0.05, 0) is 22.0 Å². The van der Waals surface area contributed by atoms with E-state index in [2.05, 4.69) is 25.9 Å². The number of methoxy groups -OCH3 is 2. The molecule has 0 aliphatic carbocycles. The lowest BCUT2D eigenvalue weighted by Gasteiger charge is -2.14. The molecular weight excluding hydrogens is 462 g/mol. The molecule has 1 aromatic carbocycles. The molecule has 0 fully saturated rings. The van der Waals surface area contributed by atoms with Crippen LogP contribution in [0.5, 0.6) is 11.8 Å². The Hall–Kier alpha value is -2.31. The van der Waals surface area contributed by atoms with Gasteiger partial charge in [0.2, 0.25) is 34.2 Å². The van der Waals surface area contributed by atoms with Crippen molar-refractivity contribution < 1.29 is 26.7 Å². The van der Waals surface area contributed by atoms with E-state index in [0.29, 0.717) is 15.4 Å². The molecule has 12 heteroatoms. The number of sulfonamides is 1. The molecule has 0 aliphatic rings. The number of halogens is 3. The summed E-state index contributed by atoms with van der Waals surface area (Å²) >= 11 is 3.37. The summed E-state index contributed by atoms with van der Waals surface area (Å²) in [4.78, 5) is 8.20. The Kier molecular flexibility index (Phi) is 5.55. The van der Waals surface area contributed by atoms with Crippen LogP contribution in [0.25, 0.3) is 16.9 Å². The molecule has 0 aliphatic heterocycles. The number of aromatic nitrogens is 3. The average molecular weight is 477 g/mol. The van der Waals surface area contributed by atoms with E-state index in [4.69, 9.17) is 14.6 Å². The summed E-state index contributed by atoms with van der Waals surface area (Å²) in [5.74, 6) is -0.236. The van der Waals surface area contributed by atoms with Gasteiger partial charge in [-0.15, -0.1) is 0 Å². The lowest BCUT2D eigenvalue weighted by molar-refractivity contribution is 0.146. The Balaban J connectivity index is 2.34. The first-order valence-corrected chi connectivity index (χ1v) is 10.1. The molecule has 0 unspecified atom stereocenters. The monoisotopic (exact) mass is 476 g/mol. The fraction of sp³-hybridized carbons (Fsp3) is 0.250. The van der Waals surface area contributed by atoms with Crippen molar-refractivity contribution in [3.05, 3.63) is 34.4 Å². The van der Waals surface area contributed by atoms with Gasteiger partial charge in [-0.3, -0.25) is 4.57 Å². The molecule has 2 heterocycles. The number of hydrogen-bond acceptors (Lipinski definition) is 6. The largest absolute Gasteiger partial charge is 0.481 e. The molecule has 2 N–H and O–H groups in total. The Morgan fingerprint density at radius 3 is 2.32 bits per heavy atom. The van der Waals surface area contributed by atoms with E-state index in [1.807, 2.05) is 0 Å². The normalized spacial score (nSPS) is 12.0. The highest BCUT2D eigenvalue weighted by Gasteiger charge is 2.24. The van der Waals surface area contributed by atoms with Gasteiger partial charge >= 0.3 is 0 Å². The smallest absolute Gasteiger partial charge is 0.243 e. The molecule has 0 saturated heterocycles. The Labute approximate surface area is 167 Å². The van der Waals surface area contributed by atoms with Gasteiger partial charge < -0.3 is 9.47 Å². The number of hydrogen-bond donors (Lipinski definition) is 1. The summed E-state index contributed by atoms with van der Waals surface area (Å²) in [5.41, 5.74) is 0.434. The molecule has 0 atom stereocenters. The summed E-state index contributed by atoms with van der Waals surface area (Å²) in [5, 5.41) is 5.67. The van der Waals surface area contributed by atoms with Gasteiger partial charge in [-0.1, -0.05) is 12.1 Å². The SMILES string of the molecule is COc1nc(-n2cc(S(N)(=O)=O)c3cccc(Br)c32)nc(OC)c1CC(F)F. The van der Waals surface area contributed by atoms with Crippen molar-refractivity contribution in [3.8, 4) is 17.7 Å². The van der Waals surface area contributed by atoms with Crippen molar-refractivity contribution in [2.45, 2.75) is 17.7 Å². The van der Waals surface area contributed by atoms with Crippen LogP contribution in [0.2, 0.25) is 0 Å². The lowest BCUT2D eigenvalue weighted by Crippen LogP contribution is -2.12. The zero-order valence-electron chi connectivity index (χ0n) is 14.7. The molecule has 0 amide bonds. The van der Waals surface area contributed by atoms with Crippen molar-refractivity contribution in [2.75, 3.05) is 14.2 Å². The average Bonchev–Trinajstić information content (AvgIpc) is 3.02. The highest BCUT2D eigenvalue weighted by Crippen LogP contribution is 2.34. The van der Waals surface area contributed by atoms with Crippen LogP contribution in [0.1, 0.15) is 5.56 Å². The topological polar surface area (TPSA) is 109 Å². The predicted octanol–water partition coefficient (Wildman–Crippen LogP) is 2.66. The molecule has 8 nitrogen and oxygen atoms in total. The summed E-state index contributed by atoms with van der Waals surface area (Å²) in [6, 6.07) is 4.93. The standard InChI is InChI=1S/C16H15BrF2N4O4S/c1-26-14-9(6-12(18)19)15(27-2)22-16(21-14)23-7-11(28(20,24)25)8-4-3-5-10(17)13(8)23/h3-5,7,12H,6H2,1-2H3,(H2,20,24,25). The molecule has 0 radical (unpaired) electrons. The molecule has 2 aromatic heterocycles. The quantitative estimate of drug-likeness (QED) is 0.585. The lowest BCUT2D eigenvalue weighted by atomic mass is 10.2. The van der Waals surface area contributed by atoms with Gasteiger partial charge in [0.1, 0.15) is 4.90 Å². The van der Waals surface area contributed by atoms with Crippen molar-refractivity contribution >= 4 is 36.9 Å². The van der Waals surface area contributed by atoms with Gasteiger partial charge in [0.25, 0.3) is 0 Å². The summed E-state index contributed by atoms with van der Waals surface area (Å²) < 4.78 is 62.0. The third kappa shape index (κ3) is 3.66. The Bertz CT molecular complexity index is 1130. The molecule has 0 bridgehead atoms. The second-order valence-corrected chi connectivity index (χ2v) is 8.04. The number of benzene rings is 1. The first kappa shape index (κ1) is 20.4. The highest BCUT2D eigenvalue weighted by molar-refractivity contribution is 9.10. The minimum Gasteiger partial charge on any atom is -0.481 e. The molecule has 3 aromatic rings. The van der Waals surface area contributed by atoms with Gasteiger partial charge in [0.15, 0.2) is 0 Å². The minimum atomic E-state index is -4.05. The maximum atomic E-state index is 12.9. The van der Waals surface area contributed by atoms with Crippen LogP contribution in [-0.4, -0.2) is 43.6 Å². The fourth-order valence-corrected chi connectivity index (χ4v) is 4.08. The number of para-hydroxylation sites is 1. The van der Waals surface area contributed by atoms with Crippen LogP contribution < -0.4 is 14.6 Å². The number of nitrogens with two attached hydrogens (primary N) is 1. The molecule has 0 saturated carbocycles. The predicted molar refractivity (Wildman–Crippen MR) is 101 cm³/mol. The number of ether oxygens (including phenoxy) is 2. The molecular formula is C16H15BrF2N4O4S. The van der Waals surface area contributed by atoms with E-state index < -0.39 is 22.9 Å². The zero-order chi connectivity index (χ0) is 20.6. The first-order valence-electron chi connectivity index (χ1n) is 7.77. The minimum absolute atomic E-state index is 0.00551. The van der Waals surface area contributed by atoms with Gasteiger partial charge in [-0.2, -0.15) is 9.97 Å². The van der Waals surface area contributed by atoms with Crippen molar-refractivity contribution in [2.24, 2.45) is 5.14 Å². The maximum Gasteiger partial charge on any atom is 0.243 e. The third-order valence-corrected chi connectivity index (χ3v) is 5.50. The van der Waals surface area contributed by atoms with Gasteiger partial charge in [-0.25, -0.2) is 22.3 Å². The molecule has 150 valence electrons. The van der Waals surface area contributed by atoms with E-state index in [0.717, 1.165) is 0 Å². The number of rotatable bonds is 6. The molecule has 28 heavy (non-hydrogen) atoms. The number of nitrogens with zero attached hydrogens (tertiary/aromatic N) is 3. The first-order chi connectivity index (χ1) is 13.2. The second-order valence-electron chi connectivity index (χ2n) is 5.66. The maximum absolute atomic E-state index is 12.9. The van der Waals surface area contributed by atoms with Crippen LogP contribution in [0.4, 0.5) is 8.78 Å². The van der Waals surface area contributed by atoms with E-state index in [9.17, 15) is 17.2 Å². The van der Waals surface area contributed by atoms with Gasteiger partial charge in [0.05, 0.1) is 25.3 Å². The van der Waals surface area contributed by atoms with Gasteiger partial charge in [0, 0.05) is 22.5 Å². The summed E-state index contributed by atoms with van der Waals surface area (Å²) in [7, 11) is -1.49. The van der Waals surface area contributed by atoms with Crippen LogP contribution in [0.15, 0.2) is 33.8 Å². The number of fused-ring (bicyclic) bond motifs is 1. The Morgan fingerprint density at radius 1 is 1.21 bits per heavy atom. The van der Waals surface area contributed by atoms with E-state index >= 15 is 0 Å². The third-order valence-electron chi connectivity index (χ3n) is 3.93. The summed E-state index contributed by atoms with van der Waals surface area (Å²) in [6.45, 7) is 0. The van der Waals surface area contributed by atoms with Crippen molar-refractivity contribution in [1.29, 1.82) is 0 Å².